The van der Waals surface area contributed by atoms with Crippen LogP contribution in [0, 0.1) is 0 Å². The van der Waals surface area contributed by atoms with Crippen LogP contribution in [-0.2, 0) is 0 Å². The van der Waals surface area contributed by atoms with Crippen molar-refractivity contribution < 1.29 is 0 Å². The summed E-state index contributed by atoms with van der Waals surface area (Å²) in [5, 5.41) is 0. The van der Waals surface area contributed by atoms with Crippen LogP contribution in [-0.4, -0.2) is 17.0 Å². The molecule has 1 saturated carbocycles. The van der Waals surface area contributed by atoms with Gasteiger partial charge in [-0.15, -0.1) is 0 Å². The van der Waals surface area contributed by atoms with Crippen molar-refractivity contribution in [1.82, 2.24) is 0 Å². The lowest BCUT2D eigenvalue weighted by Gasteiger charge is -2.39. The largest absolute Gasteiger partial charge is 0.327 e. The van der Waals surface area contributed by atoms with Gasteiger partial charge in [0.05, 0.1) is 0 Å². The molecule has 1 atom stereocenters. The minimum Gasteiger partial charge on any atom is -0.327 e. The molecule has 1 rings (SSSR count). The topological polar surface area (TPSA) is 26.0 Å². The van der Waals surface area contributed by atoms with Crippen LogP contribution in [0.2, 0.25) is 0 Å². The van der Waals surface area contributed by atoms with Crippen molar-refractivity contribution in [3.05, 3.63) is 0 Å². The molecular formula is C9H19NS. The third-order valence-electron chi connectivity index (χ3n) is 2.94. The Morgan fingerprint density at radius 3 is 2.09 bits per heavy atom. The molecule has 0 radical (unpaired) electrons. The number of hydrogen-bond acceptors (Lipinski definition) is 2. The second-order valence-electron chi connectivity index (χ2n) is 3.62. The molecule has 0 aromatic carbocycles. The van der Waals surface area contributed by atoms with Gasteiger partial charge in [0.2, 0.25) is 0 Å². The van der Waals surface area contributed by atoms with Gasteiger partial charge in [-0.2, -0.15) is 11.8 Å². The molecule has 2 N–H and O–H groups in total. The number of nitrogens with two attached hydrogens (primary N) is 1. The van der Waals surface area contributed by atoms with E-state index in [1.165, 1.54) is 32.1 Å². The molecule has 0 spiro atoms. The Labute approximate surface area is 74.1 Å². The molecule has 11 heavy (non-hydrogen) atoms. The van der Waals surface area contributed by atoms with Gasteiger partial charge < -0.3 is 5.73 Å². The van der Waals surface area contributed by atoms with Crippen molar-refractivity contribution in [2.45, 2.75) is 49.8 Å². The van der Waals surface area contributed by atoms with E-state index in [2.05, 4.69) is 13.2 Å². The Morgan fingerprint density at radius 2 is 1.82 bits per heavy atom. The van der Waals surface area contributed by atoms with Gasteiger partial charge in [-0.05, 0) is 26.0 Å². The van der Waals surface area contributed by atoms with Gasteiger partial charge >= 0.3 is 0 Å². The Hall–Kier alpha value is 0.310. The SMILES string of the molecule is CSC1(C(C)N)CCCCC1. The van der Waals surface area contributed by atoms with E-state index in [1.54, 1.807) is 0 Å². The summed E-state index contributed by atoms with van der Waals surface area (Å²) < 4.78 is 0.415. The van der Waals surface area contributed by atoms with Crippen LogP contribution < -0.4 is 5.73 Å². The molecule has 2 heteroatoms. The molecule has 1 aliphatic rings. The van der Waals surface area contributed by atoms with Crippen molar-refractivity contribution in [2.75, 3.05) is 6.26 Å². The van der Waals surface area contributed by atoms with Crippen LogP contribution in [0.3, 0.4) is 0 Å². The predicted octanol–water partition coefficient (Wildman–Crippen LogP) is 2.40. The van der Waals surface area contributed by atoms with E-state index in [-0.39, 0.29) is 0 Å². The van der Waals surface area contributed by atoms with E-state index < -0.39 is 0 Å². The first-order valence-corrected chi connectivity index (χ1v) is 5.74. The van der Waals surface area contributed by atoms with E-state index in [0.29, 0.717) is 10.8 Å². The van der Waals surface area contributed by atoms with Gasteiger partial charge in [0.25, 0.3) is 0 Å². The summed E-state index contributed by atoms with van der Waals surface area (Å²) in [6.45, 7) is 2.15. The normalized spacial score (nSPS) is 26.5. The molecule has 0 aromatic heterocycles. The maximum absolute atomic E-state index is 5.99. The lowest BCUT2D eigenvalue weighted by Crippen LogP contribution is -2.44. The van der Waals surface area contributed by atoms with E-state index in [9.17, 15) is 0 Å². The first kappa shape index (κ1) is 9.40. The highest BCUT2D eigenvalue weighted by Gasteiger charge is 2.34. The van der Waals surface area contributed by atoms with Crippen molar-refractivity contribution >= 4 is 11.8 Å². The molecule has 1 aliphatic carbocycles. The molecule has 1 fully saturated rings. The zero-order valence-electron chi connectivity index (χ0n) is 7.60. The maximum atomic E-state index is 5.99. The Morgan fingerprint density at radius 1 is 1.27 bits per heavy atom. The van der Waals surface area contributed by atoms with Crippen molar-refractivity contribution in [1.29, 1.82) is 0 Å². The molecule has 0 bridgehead atoms. The number of hydrogen-bond donors (Lipinski definition) is 1. The molecule has 0 aromatic rings. The summed E-state index contributed by atoms with van der Waals surface area (Å²) in [5.41, 5.74) is 5.99. The van der Waals surface area contributed by atoms with Gasteiger partial charge in [0, 0.05) is 10.8 Å². The molecule has 1 nitrogen and oxygen atoms in total. The standard InChI is InChI=1S/C9H19NS/c1-8(10)9(11-2)6-4-3-5-7-9/h8H,3-7,10H2,1-2H3. The third-order valence-corrected chi connectivity index (χ3v) is 4.53. The van der Waals surface area contributed by atoms with Gasteiger partial charge in [-0.25, -0.2) is 0 Å². The van der Waals surface area contributed by atoms with Gasteiger partial charge in [-0.3, -0.25) is 0 Å². The average Bonchev–Trinajstić information content (AvgIpc) is 2.05. The Bertz CT molecular complexity index is 117. The second-order valence-corrected chi connectivity index (χ2v) is 4.84. The number of rotatable bonds is 2. The highest BCUT2D eigenvalue weighted by molar-refractivity contribution is 8.00. The second kappa shape index (κ2) is 3.81. The minimum atomic E-state index is 0.359. The predicted molar refractivity (Wildman–Crippen MR) is 53.0 cm³/mol. The average molecular weight is 173 g/mol. The smallest absolute Gasteiger partial charge is 0.0305 e. The number of thioether (sulfide) groups is 1. The zero-order chi connectivity index (χ0) is 8.32. The molecule has 0 aliphatic heterocycles. The van der Waals surface area contributed by atoms with Crippen molar-refractivity contribution in [3.8, 4) is 0 Å². The van der Waals surface area contributed by atoms with Gasteiger partial charge in [0.1, 0.15) is 0 Å². The first-order chi connectivity index (χ1) is 5.21. The highest BCUT2D eigenvalue weighted by atomic mass is 32.2. The van der Waals surface area contributed by atoms with Crippen LogP contribution in [0.1, 0.15) is 39.0 Å². The summed E-state index contributed by atoms with van der Waals surface area (Å²) in [7, 11) is 0. The van der Waals surface area contributed by atoms with Crippen LogP contribution in [0.15, 0.2) is 0 Å². The molecule has 66 valence electrons. The summed E-state index contributed by atoms with van der Waals surface area (Å²) >= 11 is 1.98. The zero-order valence-corrected chi connectivity index (χ0v) is 8.41. The van der Waals surface area contributed by atoms with Crippen molar-refractivity contribution in [2.24, 2.45) is 5.73 Å². The van der Waals surface area contributed by atoms with E-state index >= 15 is 0 Å². The minimum absolute atomic E-state index is 0.359. The van der Waals surface area contributed by atoms with E-state index in [4.69, 9.17) is 5.73 Å². The van der Waals surface area contributed by atoms with Crippen molar-refractivity contribution in [3.63, 3.8) is 0 Å². The Kier molecular flexibility index (Phi) is 3.26. The lowest BCUT2D eigenvalue weighted by atomic mass is 9.84. The monoisotopic (exact) mass is 173 g/mol. The van der Waals surface area contributed by atoms with Crippen LogP contribution in [0.25, 0.3) is 0 Å². The third kappa shape index (κ3) is 1.91. The molecular weight excluding hydrogens is 154 g/mol. The van der Waals surface area contributed by atoms with E-state index in [1.807, 2.05) is 11.8 Å². The van der Waals surface area contributed by atoms with Crippen LogP contribution in [0.4, 0.5) is 0 Å². The Balaban J connectivity index is 2.57. The summed E-state index contributed by atoms with van der Waals surface area (Å²) in [5.74, 6) is 0. The van der Waals surface area contributed by atoms with Crippen LogP contribution in [0.5, 0.6) is 0 Å². The summed E-state index contributed by atoms with van der Waals surface area (Å²) in [6, 6.07) is 0.359. The summed E-state index contributed by atoms with van der Waals surface area (Å²) in [4.78, 5) is 0. The molecule has 0 amide bonds. The molecule has 1 unspecified atom stereocenters. The highest BCUT2D eigenvalue weighted by Crippen LogP contribution is 2.40. The van der Waals surface area contributed by atoms with Crippen LogP contribution >= 0.6 is 11.8 Å². The van der Waals surface area contributed by atoms with Gasteiger partial charge in [0.15, 0.2) is 0 Å². The van der Waals surface area contributed by atoms with Gasteiger partial charge in [-0.1, -0.05) is 19.3 Å². The molecule has 0 heterocycles. The maximum Gasteiger partial charge on any atom is 0.0305 e. The fourth-order valence-corrected chi connectivity index (χ4v) is 3.06. The molecule has 0 saturated heterocycles. The van der Waals surface area contributed by atoms with E-state index in [0.717, 1.165) is 0 Å². The lowest BCUT2D eigenvalue weighted by molar-refractivity contribution is 0.356. The summed E-state index contributed by atoms with van der Waals surface area (Å²) in [6.07, 6.45) is 9.02. The first-order valence-electron chi connectivity index (χ1n) is 4.52. The fourth-order valence-electron chi connectivity index (χ4n) is 2.00. The fraction of sp³-hybridized carbons (Fsp3) is 1.00. The quantitative estimate of drug-likeness (QED) is 0.694.